The Balaban J connectivity index is 2.43. The summed E-state index contributed by atoms with van der Waals surface area (Å²) in [4.78, 5) is 45.6. The van der Waals surface area contributed by atoms with Crippen molar-refractivity contribution in [1.82, 2.24) is 5.32 Å². The first-order valence-electron chi connectivity index (χ1n) is 7.89. The third-order valence-electron chi connectivity index (χ3n) is 3.13. The van der Waals surface area contributed by atoms with Crippen LogP contribution in [0.3, 0.4) is 0 Å². The molecular formula is C17H22N2O6. The summed E-state index contributed by atoms with van der Waals surface area (Å²) in [5, 5.41) is 1.80. The number of nitrogens with two attached hydrogens (primary N) is 1. The molecule has 1 rings (SSSR count). The lowest BCUT2D eigenvalue weighted by Crippen LogP contribution is -2.42. The highest BCUT2D eigenvalue weighted by Gasteiger charge is 2.19. The number of carbonyl (C=O) groups is 4. The van der Waals surface area contributed by atoms with Crippen LogP contribution in [-0.4, -0.2) is 36.4 Å². The molecule has 0 aromatic heterocycles. The molecule has 0 bridgehead atoms. The fourth-order valence-electron chi connectivity index (χ4n) is 1.85. The summed E-state index contributed by atoms with van der Waals surface area (Å²) in [7, 11) is 0. The van der Waals surface area contributed by atoms with Gasteiger partial charge in [-0.3, -0.25) is 19.7 Å². The van der Waals surface area contributed by atoms with Gasteiger partial charge in [-0.2, -0.15) is 0 Å². The molecule has 0 saturated heterocycles. The zero-order valence-electron chi connectivity index (χ0n) is 14.2. The average molecular weight is 350 g/mol. The Morgan fingerprint density at radius 2 is 1.76 bits per heavy atom. The molecule has 25 heavy (non-hydrogen) atoms. The van der Waals surface area contributed by atoms with Gasteiger partial charge in [0.15, 0.2) is 11.9 Å². The first-order valence-corrected chi connectivity index (χ1v) is 7.89. The Kier molecular flexibility index (Phi) is 8.11. The molecule has 0 aliphatic heterocycles. The van der Waals surface area contributed by atoms with Gasteiger partial charge in [-0.05, 0) is 37.6 Å². The molecule has 1 aromatic carbocycles. The molecule has 3 N–H and O–H groups in total. The van der Waals surface area contributed by atoms with Gasteiger partial charge in [0.1, 0.15) is 5.75 Å². The number of amides is 3. The van der Waals surface area contributed by atoms with Gasteiger partial charge in [0.25, 0.3) is 5.91 Å². The van der Waals surface area contributed by atoms with E-state index in [1.807, 2.05) is 6.92 Å². The maximum atomic E-state index is 12.1. The quantitative estimate of drug-likeness (QED) is 0.514. The molecule has 3 amide bonds. The van der Waals surface area contributed by atoms with Gasteiger partial charge in [-0.25, -0.2) is 4.79 Å². The van der Waals surface area contributed by atoms with E-state index in [0.29, 0.717) is 17.9 Å². The number of rotatable bonds is 9. The van der Waals surface area contributed by atoms with E-state index in [4.69, 9.17) is 15.2 Å². The maximum Gasteiger partial charge on any atom is 0.318 e. The Labute approximate surface area is 145 Å². The van der Waals surface area contributed by atoms with Crippen LogP contribution in [0.4, 0.5) is 4.79 Å². The van der Waals surface area contributed by atoms with Gasteiger partial charge in [-0.15, -0.1) is 0 Å². The van der Waals surface area contributed by atoms with Crippen molar-refractivity contribution < 1.29 is 28.7 Å². The number of hydrogen-bond donors (Lipinski definition) is 2. The van der Waals surface area contributed by atoms with Crippen molar-refractivity contribution >= 4 is 23.7 Å². The molecule has 0 radical (unpaired) electrons. The fraction of sp³-hybridized carbons (Fsp3) is 0.412. The number of carbonyl (C=O) groups excluding carboxylic acids is 4. The molecule has 0 aliphatic carbocycles. The topological polar surface area (TPSA) is 125 Å². The number of ketones is 1. The Bertz CT molecular complexity index is 627. The highest BCUT2D eigenvalue weighted by Crippen LogP contribution is 2.14. The summed E-state index contributed by atoms with van der Waals surface area (Å²) in [6, 6.07) is 5.60. The van der Waals surface area contributed by atoms with Crippen LogP contribution in [0.5, 0.6) is 5.75 Å². The lowest BCUT2D eigenvalue weighted by atomic mass is 10.1. The van der Waals surface area contributed by atoms with Crippen molar-refractivity contribution in [2.24, 2.45) is 5.73 Å². The molecule has 8 nitrogen and oxygen atoms in total. The summed E-state index contributed by atoms with van der Waals surface area (Å²) in [6.45, 7) is 3.89. The zero-order chi connectivity index (χ0) is 18.8. The van der Waals surface area contributed by atoms with Gasteiger partial charge in [0.2, 0.25) is 0 Å². The molecule has 136 valence electrons. The number of esters is 1. The van der Waals surface area contributed by atoms with Crippen molar-refractivity contribution in [3.63, 3.8) is 0 Å². The van der Waals surface area contributed by atoms with E-state index >= 15 is 0 Å². The molecule has 0 spiro atoms. The van der Waals surface area contributed by atoms with Crippen LogP contribution in [0.2, 0.25) is 0 Å². The minimum absolute atomic E-state index is 0.0574. The van der Waals surface area contributed by atoms with E-state index in [9.17, 15) is 19.2 Å². The number of primary amides is 1. The first-order chi connectivity index (χ1) is 11.8. The molecule has 8 heteroatoms. The lowest BCUT2D eigenvalue weighted by molar-refractivity contribution is -0.154. The number of Topliss-reactive ketones (excluding diaryl/α,β-unsaturated/α-hetero) is 1. The summed E-state index contributed by atoms with van der Waals surface area (Å²) < 4.78 is 10.3. The van der Waals surface area contributed by atoms with E-state index in [-0.39, 0.29) is 18.6 Å². The van der Waals surface area contributed by atoms with E-state index in [2.05, 4.69) is 0 Å². The van der Waals surface area contributed by atoms with Crippen LogP contribution in [0.1, 0.15) is 43.5 Å². The van der Waals surface area contributed by atoms with Gasteiger partial charge >= 0.3 is 12.0 Å². The third kappa shape index (κ3) is 7.47. The summed E-state index contributed by atoms with van der Waals surface area (Å²) in [5.41, 5.74) is 5.25. The predicted octanol–water partition coefficient (Wildman–Crippen LogP) is 1.56. The van der Waals surface area contributed by atoms with E-state index in [0.717, 1.165) is 6.42 Å². The summed E-state index contributed by atoms with van der Waals surface area (Å²) in [6.07, 6.45) is -0.525. The second-order valence-corrected chi connectivity index (χ2v) is 5.28. The minimum Gasteiger partial charge on any atom is -0.494 e. The number of benzene rings is 1. The summed E-state index contributed by atoms with van der Waals surface area (Å²) >= 11 is 0. The second kappa shape index (κ2) is 10.1. The predicted molar refractivity (Wildman–Crippen MR) is 89.1 cm³/mol. The monoisotopic (exact) mass is 350 g/mol. The van der Waals surface area contributed by atoms with E-state index in [1.54, 1.807) is 29.6 Å². The number of imide groups is 1. The van der Waals surface area contributed by atoms with Crippen LogP contribution in [0.25, 0.3) is 0 Å². The van der Waals surface area contributed by atoms with Crippen LogP contribution < -0.4 is 15.8 Å². The van der Waals surface area contributed by atoms with Crippen LogP contribution in [-0.2, 0) is 14.3 Å². The molecule has 0 fully saturated rings. The SMILES string of the molecule is CCCOc1ccc(C(=O)CCC(=O)O[C@@H](C)C(=O)NC(N)=O)cc1. The number of ether oxygens (including phenoxy) is 2. The standard InChI is InChI=1S/C17H22N2O6/c1-3-10-24-13-6-4-12(5-7-13)14(20)8-9-15(21)25-11(2)16(22)19-17(18)23/h4-7,11H,3,8-10H2,1-2H3,(H3,18,19,22,23)/t11-/m0/s1. The molecule has 1 aromatic rings. The molecule has 0 heterocycles. The number of nitrogens with one attached hydrogen (secondary N) is 1. The molecule has 0 unspecified atom stereocenters. The molecule has 0 aliphatic rings. The largest absolute Gasteiger partial charge is 0.494 e. The van der Waals surface area contributed by atoms with Crippen molar-refractivity contribution in [3.05, 3.63) is 29.8 Å². The van der Waals surface area contributed by atoms with Crippen molar-refractivity contribution in [1.29, 1.82) is 0 Å². The average Bonchev–Trinajstić information content (AvgIpc) is 2.57. The van der Waals surface area contributed by atoms with E-state index < -0.39 is 24.0 Å². The normalized spacial score (nSPS) is 11.3. The van der Waals surface area contributed by atoms with Gasteiger partial charge < -0.3 is 15.2 Å². The smallest absolute Gasteiger partial charge is 0.318 e. The Hall–Kier alpha value is -2.90. The Morgan fingerprint density at radius 1 is 1.12 bits per heavy atom. The molecule has 1 atom stereocenters. The third-order valence-corrected chi connectivity index (χ3v) is 3.13. The molecular weight excluding hydrogens is 328 g/mol. The number of hydrogen-bond acceptors (Lipinski definition) is 6. The zero-order valence-corrected chi connectivity index (χ0v) is 14.2. The maximum absolute atomic E-state index is 12.1. The summed E-state index contributed by atoms with van der Waals surface area (Å²) in [5.74, 6) is -1.10. The highest BCUT2D eigenvalue weighted by molar-refractivity contribution is 5.98. The van der Waals surface area contributed by atoms with Crippen molar-refractivity contribution in [3.8, 4) is 5.75 Å². The van der Waals surface area contributed by atoms with Crippen LogP contribution in [0, 0.1) is 0 Å². The highest BCUT2D eigenvalue weighted by atomic mass is 16.5. The Morgan fingerprint density at radius 3 is 2.32 bits per heavy atom. The van der Waals surface area contributed by atoms with Crippen LogP contribution in [0.15, 0.2) is 24.3 Å². The lowest BCUT2D eigenvalue weighted by Gasteiger charge is -2.11. The fourth-order valence-corrected chi connectivity index (χ4v) is 1.85. The minimum atomic E-state index is -1.18. The van der Waals surface area contributed by atoms with Crippen LogP contribution >= 0.6 is 0 Å². The molecule has 0 saturated carbocycles. The van der Waals surface area contributed by atoms with Gasteiger partial charge in [-0.1, -0.05) is 6.92 Å². The first kappa shape index (κ1) is 20.1. The van der Waals surface area contributed by atoms with E-state index in [1.165, 1.54) is 6.92 Å². The second-order valence-electron chi connectivity index (χ2n) is 5.28. The van der Waals surface area contributed by atoms with Crippen molar-refractivity contribution in [2.45, 2.75) is 39.2 Å². The van der Waals surface area contributed by atoms with Gasteiger partial charge in [0, 0.05) is 12.0 Å². The van der Waals surface area contributed by atoms with Crippen molar-refractivity contribution in [2.75, 3.05) is 6.61 Å². The van der Waals surface area contributed by atoms with Gasteiger partial charge in [0.05, 0.1) is 13.0 Å². The number of urea groups is 1.